The zero-order valence-electron chi connectivity index (χ0n) is 22.8. The van der Waals surface area contributed by atoms with E-state index in [1.165, 1.54) is 0 Å². The molecule has 1 aromatic heterocycles. The predicted octanol–water partition coefficient (Wildman–Crippen LogP) is 5.68. The molecule has 198 valence electrons. The number of amides is 1. The van der Waals surface area contributed by atoms with E-state index in [0.717, 1.165) is 22.5 Å². The van der Waals surface area contributed by atoms with Crippen molar-refractivity contribution in [1.29, 1.82) is 5.26 Å². The Kier molecular flexibility index (Phi) is 6.94. The first-order valence-corrected chi connectivity index (χ1v) is 13.0. The van der Waals surface area contributed by atoms with Crippen LogP contribution in [-0.4, -0.2) is 35.7 Å². The molecule has 0 aliphatic carbocycles. The minimum atomic E-state index is -0.231. The van der Waals surface area contributed by atoms with E-state index in [4.69, 9.17) is 4.52 Å². The molecule has 0 saturated heterocycles. The Balaban J connectivity index is 1.35. The highest BCUT2D eigenvalue weighted by atomic mass is 16.5. The lowest BCUT2D eigenvalue weighted by atomic mass is 9.94. The molecule has 2 N–H and O–H groups in total. The Bertz CT molecular complexity index is 1560. The zero-order chi connectivity index (χ0) is 27.7. The molecular formula is C31H32N6O2. The Morgan fingerprint density at radius 1 is 1.08 bits per heavy atom. The monoisotopic (exact) mass is 520 g/mol. The second-order valence-electron chi connectivity index (χ2n) is 10.9. The number of rotatable bonds is 6. The van der Waals surface area contributed by atoms with Crippen LogP contribution in [-0.2, 0) is 5.41 Å². The molecule has 0 saturated carbocycles. The molecule has 0 fully saturated rings. The quantitative estimate of drug-likeness (QED) is 0.337. The van der Waals surface area contributed by atoms with Crippen LogP contribution in [0.1, 0.15) is 66.6 Å². The first kappa shape index (κ1) is 26.1. The summed E-state index contributed by atoms with van der Waals surface area (Å²) in [5.41, 5.74) is 5.25. The fourth-order valence-corrected chi connectivity index (χ4v) is 4.81. The third-order valence-electron chi connectivity index (χ3n) is 6.93. The van der Waals surface area contributed by atoms with Gasteiger partial charge in [-0.1, -0.05) is 62.3 Å². The maximum absolute atomic E-state index is 13.2. The van der Waals surface area contributed by atoms with Crippen LogP contribution in [0.2, 0.25) is 0 Å². The average molecular weight is 521 g/mol. The molecular weight excluding hydrogens is 488 g/mol. The lowest BCUT2D eigenvalue weighted by molar-refractivity contribution is 0.0993. The summed E-state index contributed by atoms with van der Waals surface area (Å²) in [6, 6.07) is 23.3. The summed E-state index contributed by atoms with van der Waals surface area (Å²) in [5.74, 6) is 0.985. The smallest absolute Gasteiger partial charge is 0.258 e. The molecule has 0 radical (unpaired) electrons. The Morgan fingerprint density at radius 3 is 2.51 bits per heavy atom. The van der Waals surface area contributed by atoms with Crippen molar-refractivity contribution in [2.45, 2.75) is 45.2 Å². The summed E-state index contributed by atoms with van der Waals surface area (Å²) in [6.07, 6.45) is 0. The van der Waals surface area contributed by atoms with Gasteiger partial charge in [0.1, 0.15) is 6.07 Å². The van der Waals surface area contributed by atoms with Crippen molar-refractivity contribution in [3.63, 3.8) is 0 Å². The number of carbonyl (C=O) groups excluding carboxylic acids is 1. The number of para-hydroxylation sites is 1. The normalized spacial score (nSPS) is 15.6. The van der Waals surface area contributed by atoms with Gasteiger partial charge in [-0.2, -0.15) is 10.2 Å². The Labute approximate surface area is 228 Å². The Hall–Kier alpha value is -4.48. The van der Waals surface area contributed by atoms with Gasteiger partial charge in [-0.25, -0.2) is 0 Å². The maximum Gasteiger partial charge on any atom is 0.258 e. The van der Waals surface area contributed by atoms with Crippen LogP contribution in [0.5, 0.6) is 0 Å². The molecule has 3 aromatic carbocycles. The summed E-state index contributed by atoms with van der Waals surface area (Å²) in [4.78, 5) is 19.4. The van der Waals surface area contributed by atoms with E-state index >= 15 is 0 Å². The molecule has 0 bridgehead atoms. The van der Waals surface area contributed by atoms with Gasteiger partial charge in [0.15, 0.2) is 5.82 Å². The maximum atomic E-state index is 13.2. The minimum Gasteiger partial charge on any atom is -0.380 e. The number of anilines is 2. The summed E-state index contributed by atoms with van der Waals surface area (Å²) in [6.45, 7) is 8.71. The molecule has 1 amide bonds. The summed E-state index contributed by atoms with van der Waals surface area (Å²) >= 11 is 0. The number of aromatic nitrogens is 2. The molecule has 2 atom stereocenters. The number of hydrogen-bond donors (Lipinski definition) is 2. The van der Waals surface area contributed by atoms with Crippen molar-refractivity contribution in [1.82, 2.24) is 15.5 Å². The third-order valence-corrected chi connectivity index (χ3v) is 6.93. The van der Waals surface area contributed by atoms with Gasteiger partial charge >= 0.3 is 0 Å². The highest BCUT2D eigenvalue weighted by Gasteiger charge is 2.30. The Morgan fingerprint density at radius 2 is 1.79 bits per heavy atom. The van der Waals surface area contributed by atoms with Crippen molar-refractivity contribution in [2.24, 2.45) is 0 Å². The minimum absolute atomic E-state index is 0.0187. The number of nitrogens with zero attached hydrogens (tertiary/aromatic N) is 4. The van der Waals surface area contributed by atoms with Gasteiger partial charge < -0.3 is 20.1 Å². The number of carbonyl (C=O) groups is 1. The van der Waals surface area contributed by atoms with Crippen molar-refractivity contribution < 1.29 is 9.32 Å². The number of nitriles is 1. The molecule has 1 aliphatic heterocycles. The van der Waals surface area contributed by atoms with Gasteiger partial charge in [0.05, 0.1) is 17.3 Å². The van der Waals surface area contributed by atoms with E-state index < -0.39 is 0 Å². The third kappa shape index (κ3) is 5.14. The highest BCUT2D eigenvalue weighted by Crippen LogP contribution is 2.36. The SMILES string of the molecule is C[C@H](CNC1c2ccccc2C(=O)N(C)c2ccccc21)Nc1ccc(-c2nc(C(C)(C)C)no2)cc1C#N. The van der Waals surface area contributed by atoms with E-state index in [-0.39, 0.29) is 23.4 Å². The van der Waals surface area contributed by atoms with Gasteiger partial charge in [-0.05, 0) is 48.4 Å². The average Bonchev–Trinajstić information content (AvgIpc) is 3.42. The summed E-state index contributed by atoms with van der Waals surface area (Å²) in [7, 11) is 1.82. The lowest BCUT2D eigenvalue weighted by Gasteiger charge is -2.25. The van der Waals surface area contributed by atoms with Gasteiger partial charge in [-0.3, -0.25) is 4.79 Å². The van der Waals surface area contributed by atoms with Gasteiger partial charge in [0, 0.05) is 41.9 Å². The topological polar surface area (TPSA) is 107 Å². The van der Waals surface area contributed by atoms with E-state index in [1.807, 2.05) is 82.4 Å². The van der Waals surface area contributed by atoms with Crippen LogP contribution in [0.25, 0.3) is 11.5 Å². The van der Waals surface area contributed by atoms with E-state index in [1.54, 1.807) is 11.0 Å². The largest absolute Gasteiger partial charge is 0.380 e. The van der Waals surface area contributed by atoms with E-state index in [2.05, 4.69) is 39.8 Å². The molecule has 0 spiro atoms. The van der Waals surface area contributed by atoms with Crippen LogP contribution in [0.15, 0.2) is 71.3 Å². The second kappa shape index (κ2) is 10.4. The second-order valence-corrected chi connectivity index (χ2v) is 10.9. The van der Waals surface area contributed by atoms with Crippen LogP contribution in [0, 0.1) is 11.3 Å². The van der Waals surface area contributed by atoms with Gasteiger partial charge in [0.25, 0.3) is 11.8 Å². The molecule has 8 nitrogen and oxygen atoms in total. The van der Waals surface area contributed by atoms with Crippen molar-refractivity contribution in [2.75, 3.05) is 23.8 Å². The first-order chi connectivity index (χ1) is 18.7. The fraction of sp³-hybridized carbons (Fsp3) is 0.290. The standard InChI is InChI=1S/C31H32N6O2/c1-19(34-25-15-14-20(16-21(25)17-32)28-35-30(36-39-28)31(2,3)4)18-33-27-22-10-6-7-11-23(22)29(38)37(5)26-13-9-8-12-24(26)27/h6-16,19,27,33-34H,18H2,1-5H3/t19-,27?/m1/s1. The molecule has 39 heavy (non-hydrogen) atoms. The van der Waals surface area contributed by atoms with Crippen LogP contribution >= 0.6 is 0 Å². The van der Waals surface area contributed by atoms with Gasteiger partial charge in [0.2, 0.25) is 0 Å². The van der Waals surface area contributed by atoms with Crippen LogP contribution < -0.4 is 15.5 Å². The molecule has 1 aliphatic rings. The van der Waals surface area contributed by atoms with Crippen molar-refractivity contribution >= 4 is 17.3 Å². The molecule has 1 unspecified atom stereocenters. The van der Waals surface area contributed by atoms with E-state index in [9.17, 15) is 10.1 Å². The number of fused-ring (bicyclic) bond motifs is 2. The molecule has 2 heterocycles. The number of hydrogen-bond acceptors (Lipinski definition) is 7. The molecule has 8 heteroatoms. The summed E-state index contributed by atoms with van der Waals surface area (Å²) < 4.78 is 5.46. The number of nitrogens with one attached hydrogen (secondary N) is 2. The molecule has 5 rings (SSSR count). The van der Waals surface area contributed by atoms with Crippen molar-refractivity contribution in [3.05, 3.63) is 94.8 Å². The first-order valence-electron chi connectivity index (χ1n) is 13.0. The summed E-state index contributed by atoms with van der Waals surface area (Å²) in [5, 5.41) is 21.1. The zero-order valence-corrected chi connectivity index (χ0v) is 22.8. The highest BCUT2D eigenvalue weighted by molar-refractivity contribution is 6.08. The predicted molar refractivity (Wildman–Crippen MR) is 152 cm³/mol. The van der Waals surface area contributed by atoms with E-state index in [0.29, 0.717) is 35.0 Å². The van der Waals surface area contributed by atoms with Gasteiger partial charge in [-0.15, -0.1) is 0 Å². The van der Waals surface area contributed by atoms with Crippen molar-refractivity contribution in [3.8, 4) is 17.5 Å². The van der Waals surface area contributed by atoms with Crippen LogP contribution in [0.3, 0.4) is 0 Å². The number of benzene rings is 3. The fourth-order valence-electron chi connectivity index (χ4n) is 4.81. The molecule has 4 aromatic rings. The lowest BCUT2D eigenvalue weighted by Crippen LogP contribution is -2.34. The van der Waals surface area contributed by atoms with Crippen LogP contribution in [0.4, 0.5) is 11.4 Å².